The smallest absolute Gasteiger partial charge is 0.507 e. The molecule has 98 valence electrons. The Kier molecular flexibility index (Phi) is 3.71. The molecule has 0 aliphatic heterocycles. The fourth-order valence-corrected chi connectivity index (χ4v) is 1.98. The number of phenolic OH excluding ortho intramolecular Hbond substituents is 1. The molecule has 2 aromatic rings. The normalized spacial score (nSPS) is 10.2. The summed E-state index contributed by atoms with van der Waals surface area (Å²) in [6.45, 7) is 1.92. The molecule has 0 aliphatic carbocycles. The minimum Gasteiger partial charge on any atom is -0.507 e. The molecule has 0 atom stereocenters. The van der Waals surface area contributed by atoms with E-state index in [0.29, 0.717) is 17.5 Å². The Morgan fingerprint density at radius 1 is 1.11 bits per heavy atom. The Hall–Kier alpha value is -2.49. The highest BCUT2D eigenvalue weighted by molar-refractivity contribution is 5.79. The van der Waals surface area contributed by atoms with E-state index in [1.165, 1.54) is 0 Å². The maximum absolute atomic E-state index is 10.8. The zero-order valence-electron chi connectivity index (χ0n) is 10.5. The van der Waals surface area contributed by atoms with Crippen molar-refractivity contribution in [1.29, 1.82) is 0 Å². The number of carboxylic acid groups (broad SMARTS) is 1. The van der Waals surface area contributed by atoms with Gasteiger partial charge in [0.25, 0.3) is 0 Å². The minimum atomic E-state index is -1.36. The zero-order valence-corrected chi connectivity index (χ0v) is 10.5. The van der Waals surface area contributed by atoms with Gasteiger partial charge in [-0.1, -0.05) is 43.3 Å². The zero-order chi connectivity index (χ0) is 13.8. The number of para-hydroxylation sites is 2. The third-order valence-corrected chi connectivity index (χ3v) is 2.86. The lowest BCUT2D eigenvalue weighted by Crippen LogP contribution is -2.06. The Morgan fingerprint density at radius 2 is 1.79 bits per heavy atom. The third-order valence-electron chi connectivity index (χ3n) is 2.86. The van der Waals surface area contributed by atoms with Gasteiger partial charge in [0.05, 0.1) is 0 Å². The van der Waals surface area contributed by atoms with Crippen LogP contribution >= 0.6 is 0 Å². The van der Waals surface area contributed by atoms with Gasteiger partial charge in [-0.05, 0) is 18.1 Å². The molecule has 0 saturated carbocycles. The SMILES string of the molecule is CCc1cccc(-c2ccccc2O)c1OC(=O)O. The van der Waals surface area contributed by atoms with Gasteiger partial charge in [-0.2, -0.15) is 0 Å². The number of hydrogen-bond acceptors (Lipinski definition) is 3. The van der Waals surface area contributed by atoms with Crippen LogP contribution in [0.5, 0.6) is 11.5 Å². The molecule has 2 rings (SSSR count). The maximum atomic E-state index is 10.8. The van der Waals surface area contributed by atoms with Crippen LogP contribution in [0.15, 0.2) is 42.5 Å². The van der Waals surface area contributed by atoms with Crippen molar-refractivity contribution >= 4 is 6.16 Å². The average Bonchev–Trinajstić information content (AvgIpc) is 2.39. The van der Waals surface area contributed by atoms with E-state index >= 15 is 0 Å². The van der Waals surface area contributed by atoms with E-state index in [9.17, 15) is 9.90 Å². The Balaban J connectivity index is 2.63. The third kappa shape index (κ3) is 2.68. The van der Waals surface area contributed by atoms with Crippen molar-refractivity contribution in [2.45, 2.75) is 13.3 Å². The Morgan fingerprint density at radius 3 is 2.42 bits per heavy atom. The molecule has 19 heavy (non-hydrogen) atoms. The van der Waals surface area contributed by atoms with Crippen molar-refractivity contribution in [3.8, 4) is 22.6 Å². The number of carbonyl (C=O) groups is 1. The fourth-order valence-electron chi connectivity index (χ4n) is 1.98. The van der Waals surface area contributed by atoms with Crippen LogP contribution < -0.4 is 4.74 Å². The second kappa shape index (κ2) is 5.44. The largest absolute Gasteiger partial charge is 0.511 e. The molecule has 0 amide bonds. The molecule has 0 aromatic heterocycles. The second-order valence-corrected chi connectivity index (χ2v) is 4.03. The number of ether oxygens (including phenoxy) is 1. The van der Waals surface area contributed by atoms with E-state index in [-0.39, 0.29) is 11.5 Å². The maximum Gasteiger partial charge on any atom is 0.511 e. The molecule has 4 nitrogen and oxygen atoms in total. The van der Waals surface area contributed by atoms with Crippen LogP contribution in [0.1, 0.15) is 12.5 Å². The van der Waals surface area contributed by atoms with Gasteiger partial charge in [0.2, 0.25) is 0 Å². The molecule has 4 heteroatoms. The highest BCUT2D eigenvalue weighted by Crippen LogP contribution is 2.38. The summed E-state index contributed by atoms with van der Waals surface area (Å²) in [5.41, 5.74) is 1.90. The summed E-state index contributed by atoms with van der Waals surface area (Å²) in [5.74, 6) is 0.366. The van der Waals surface area contributed by atoms with E-state index in [1.807, 2.05) is 19.1 Å². The highest BCUT2D eigenvalue weighted by atomic mass is 16.7. The lowest BCUT2D eigenvalue weighted by atomic mass is 9.99. The molecule has 0 radical (unpaired) electrons. The van der Waals surface area contributed by atoms with Crippen molar-refractivity contribution < 1.29 is 19.7 Å². The van der Waals surface area contributed by atoms with E-state index in [2.05, 4.69) is 0 Å². The summed E-state index contributed by atoms with van der Waals surface area (Å²) >= 11 is 0. The van der Waals surface area contributed by atoms with E-state index in [1.54, 1.807) is 30.3 Å². The summed E-state index contributed by atoms with van der Waals surface area (Å²) in [6.07, 6.45) is -0.720. The van der Waals surface area contributed by atoms with E-state index in [0.717, 1.165) is 5.56 Å². The molecule has 0 heterocycles. The van der Waals surface area contributed by atoms with Crippen molar-refractivity contribution in [3.05, 3.63) is 48.0 Å². The molecule has 0 bridgehead atoms. The number of aryl methyl sites for hydroxylation is 1. The molecule has 2 N–H and O–H groups in total. The first-order valence-electron chi connectivity index (χ1n) is 5.94. The van der Waals surface area contributed by atoms with Gasteiger partial charge in [-0.25, -0.2) is 4.79 Å². The summed E-state index contributed by atoms with van der Waals surface area (Å²) < 4.78 is 4.88. The monoisotopic (exact) mass is 258 g/mol. The average molecular weight is 258 g/mol. The molecule has 0 unspecified atom stereocenters. The number of rotatable bonds is 3. The van der Waals surface area contributed by atoms with Crippen molar-refractivity contribution in [3.63, 3.8) is 0 Å². The molecule has 0 fully saturated rings. The second-order valence-electron chi connectivity index (χ2n) is 4.03. The number of phenols is 1. The molecule has 0 saturated heterocycles. The Bertz CT molecular complexity index is 605. The van der Waals surface area contributed by atoms with Gasteiger partial charge >= 0.3 is 6.16 Å². The summed E-state index contributed by atoms with van der Waals surface area (Å²) in [5, 5.41) is 18.7. The predicted molar refractivity (Wildman–Crippen MR) is 71.6 cm³/mol. The van der Waals surface area contributed by atoms with Crippen LogP contribution in [-0.2, 0) is 6.42 Å². The van der Waals surface area contributed by atoms with E-state index < -0.39 is 6.16 Å². The quantitative estimate of drug-likeness (QED) is 0.651. The van der Waals surface area contributed by atoms with Crippen molar-refractivity contribution in [2.75, 3.05) is 0 Å². The number of hydrogen-bond donors (Lipinski definition) is 2. The van der Waals surface area contributed by atoms with Gasteiger partial charge in [0, 0.05) is 11.1 Å². The first-order valence-corrected chi connectivity index (χ1v) is 5.94. The lowest BCUT2D eigenvalue weighted by Gasteiger charge is -2.13. The first kappa shape index (κ1) is 13.0. The lowest BCUT2D eigenvalue weighted by molar-refractivity contribution is 0.144. The van der Waals surface area contributed by atoms with Crippen molar-refractivity contribution in [1.82, 2.24) is 0 Å². The molecule has 0 aliphatic rings. The van der Waals surface area contributed by atoms with Crippen molar-refractivity contribution in [2.24, 2.45) is 0 Å². The number of aromatic hydroxyl groups is 1. The summed E-state index contributed by atoms with van der Waals surface area (Å²) in [6, 6.07) is 12.1. The fraction of sp³-hybridized carbons (Fsp3) is 0.133. The van der Waals surface area contributed by atoms with Gasteiger partial charge in [0.1, 0.15) is 11.5 Å². The number of benzene rings is 2. The van der Waals surface area contributed by atoms with Gasteiger partial charge in [0.15, 0.2) is 0 Å². The van der Waals surface area contributed by atoms with Crippen LogP contribution in [0, 0.1) is 0 Å². The van der Waals surface area contributed by atoms with Gasteiger partial charge in [-0.3, -0.25) is 0 Å². The summed E-state index contributed by atoms with van der Waals surface area (Å²) in [4.78, 5) is 10.8. The Labute approximate surface area is 110 Å². The van der Waals surface area contributed by atoms with Crippen LogP contribution in [0.3, 0.4) is 0 Å². The predicted octanol–water partition coefficient (Wildman–Crippen LogP) is 3.68. The molecular weight excluding hydrogens is 244 g/mol. The highest BCUT2D eigenvalue weighted by Gasteiger charge is 2.15. The molecule has 2 aromatic carbocycles. The van der Waals surface area contributed by atoms with Crippen LogP contribution in [0.2, 0.25) is 0 Å². The topological polar surface area (TPSA) is 66.8 Å². The van der Waals surface area contributed by atoms with Crippen LogP contribution in [-0.4, -0.2) is 16.4 Å². The molecule has 0 spiro atoms. The van der Waals surface area contributed by atoms with Crippen LogP contribution in [0.25, 0.3) is 11.1 Å². The standard InChI is InChI=1S/C15H14O4/c1-2-10-6-5-8-12(14(10)19-15(17)18)11-7-3-4-9-13(11)16/h3-9,16H,2H2,1H3,(H,17,18). The first-order chi connectivity index (χ1) is 9.13. The molecular formula is C15H14O4. The van der Waals surface area contributed by atoms with Gasteiger partial charge in [-0.15, -0.1) is 0 Å². The summed E-state index contributed by atoms with van der Waals surface area (Å²) in [7, 11) is 0. The minimum absolute atomic E-state index is 0.0889. The van der Waals surface area contributed by atoms with E-state index in [4.69, 9.17) is 9.84 Å². The van der Waals surface area contributed by atoms with Crippen LogP contribution in [0.4, 0.5) is 4.79 Å². The van der Waals surface area contributed by atoms with Gasteiger partial charge < -0.3 is 14.9 Å².